The fourth-order valence-electron chi connectivity index (χ4n) is 1.62. The summed E-state index contributed by atoms with van der Waals surface area (Å²) >= 11 is 5.64. The molecule has 0 aliphatic rings. The number of anilines is 1. The zero-order valence-corrected chi connectivity index (χ0v) is 11.5. The number of nitrogens with zero attached hydrogens (tertiary/aromatic N) is 2. The summed E-state index contributed by atoms with van der Waals surface area (Å²) in [6.07, 6.45) is 3.45. The van der Waals surface area contributed by atoms with Crippen molar-refractivity contribution >= 4 is 23.2 Å². The van der Waals surface area contributed by atoms with Crippen molar-refractivity contribution in [2.45, 2.75) is 13.5 Å². The zero-order valence-electron chi connectivity index (χ0n) is 10.7. The van der Waals surface area contributed by atoms with E-state index in [-0.39, 0.29) is 11.8 Å². The highest BCUT2D eigenvalue weighted by Crippen LogP contribution is 2.10. The lowest BCUT2D eigenvalue weighted by atomic mass is 10.2. The van der Waals surface area contributed by atoms with Gasteiger partial charge in [0.2, 0.25) is 5.91 Å². The molecule has 1 aromatic heterocycles. The number of rotatable bonds is 5. The topological polar surface area (TPSA) is 46.9 Å². The molecule has 5 heteroatoms. The fraction of sp³-hybridized carbons (Fsp3) is 0.286. The third kappa shape index (κ3) is 3.83. The standard InChI is InChI=1S/C14H16ClN3O/c1-11(7-15)14(19)17-13-8-16-18(10-13)9-12-5-3-2-4-6-12/h2-6,8,10-11H,7,9H2,1H3,(H,17,19). The van der Waals surface area contributed by atoms with Crippen LogP contribution in [0.3, 0.4) is 0 Å². The lowest BCUT2D eigenvalue weighted by molar-refractivity contribution is -0.118. The highest BCUT2D eigenvalue weighted by molar-refractivity contribution is 6.19. The van der Waals surface area contributed by atoms with Crippen LogP contribution in [0.5, 0.6) is 0 Å². The smallest absolute Gasteiger partial charge is 0.228 e. The average molecular weight is 278 g/mol. The molecule has 4 nitrogen and oxygen atoms in total. The third-order valence-corrected chi connectivity index (χ3v) is 3.23. The van der Waals surface area contributed by atoms with E-state index in [0.29, 0.717) is 18.1 Å². The summed E-state index contributed by atoms with van der Waals surface area (Å²) in [6, 6.07) is 10.0. The van der Waals surface area contributed by atoms with Crippen LogP contribution in [0, 0.1) is 5.92 Å². The van der Waals surface area contributed by atoms with Crippen LogP contribution in [0.25, 0.3) is 0 Å². The van der Waals surface area contributed by atoms with Gasteiger partial charge in [-0.1, -0.05) is 37.3 Å². The number of hydrogen-bond donors (Lipinski definition) is 1. The molecule has 1 aromatic carbocycles. The van der Waals surface area contributed by atoms with Crippen molar-refractivity contribution in [2.75, 3.05) is 11.2 Å². The molecule has 19 heavy (non-hydrogen) atoms. The SMILES string of the molecule is CC(CCl)C(=O)Nc1cnn(Cc2ccccc2)c1. The van der Waals surface area contributed by atoms with Gasteiger partial charge in [0, 0.05) is 18.0 Å². The second-order valence-electron chi connectivity index (χ2n) is 4.46. The van der Waals surface area contributed by atoms with Crippen LogP contribution < -0.4 is 5.32 Å². The van der Waals surface area contributed by atoms with Crippen molar-refractivity contribution in [1.29, 1.82) is 0 Å². The second-order valence-corrected chi connectivity index (χ2v) is 4.77. The van der Waals surface area contributed by atoms with Crippen LogP contribution >= 0.6 is 11.6 Å². The molecular weight excluding hydrogens is 262 g/mol. The molecule has 1 heterocycles. The van der Waals surface area contributed by atoms with Crippen molar-refractivity contribution < 1.29 is 4.79 Å². The molecule has 2 rings (SSSR count). The van der Waals surface area contributed by atoms with E-state index in [4.69, 9.17) is 11.6 Å². The maximum Gasteiger partial charge on any atom is 0.228 e. The van der Waals surface area contributed by atoms with E-state index < -0.39 is 0 Å². The van der Waals surface area contributed by atoms with Crippen LogP contribution in [0.15, 0.2) is 42.7 Å². The predicted molar refractivity (Wildman–Crippen MR) is 76.3 cm³/mol. The molecule has 0 aliphatic heterocycles. The van der Waals surface area contributed by atoms with Crippen molar-refractivity contribution in [3.63, 3.8) is 0 Å². The maximum atomic E-state index is 11.7. The van der Waals surface area contributed by atoms with Crippen molar-refractivity contribution in [2.24, 2.45) is 5.92 Å². The molecule has 0 radical (unpaired) electrons. The highest BCUT2D eigenvalue weighted by Gasteiger charge is 2.12. The van der Waals surface area contributed by atoms with Gasteiger partial charge in [-0.15, -0.1) is 11.6 Å². The lowest BCUT2D eigenvalue weighted by Gasteiger charge is -2.06. The summed E-state index contributed by atoms with van der Waals surface area (Å²) in [4.78, 5) is 11.7. The Morgan fingerprint density at radius 1 is 1.42 bits per heavy atom. The number of hydrogen-bond acceptors (Lipinski definition) is 2. The molecule has 0 aliphatic carbocycles. The van der Waals surface area contributed by atoms with Crippen molar-refractivity contribution in [3.8, 4) is 0 Å². The van der Waals surface area contributed by atoms with Gasteiger partial charge >= 0.3 is 0 Å². The molecule has 1 N–H and O–H groups in total. The Bertz CT molecular complexity index is 539. The molecule has 0 spiro atoms. The first-order chi connectivity index (χ1) is 9.19. The van der Waals surface area contributed by atoms with E-state index >= 15 is 0 Å². The summed E-state index contributed by atoms with van der Waals surface area (Å²) in [5, 5.41) is 7.01. The minimum atomic E-state index is -0.209. The van der Waals surface area contributed by atoms with Gasteiger partial charge in [0.1, 0.15) is 0 Å². The minimum Gasteiger partial charge on any atom is -0.323 e. The van der Waals surface area contributed by atoms with Crippen LogP contribution in [0.2, 0.25) is 0 Å². The van der Waals surface area contributed by atoms with Crippen LogP contribution in [0.1, 0.15) is 12.5 Å². The quantitative estimate of drug-likeness (QED) is 0.854. The van der Waals surface area contributed by atoms with E-state index in [1.54, 1.807) is 17.8 Å². The Kier molecular flexibility index (Phi) is 4.58. The van der Waals surface area contributed by atoms with Gasteiger partial charge in [-0.05, 0) is 5.56 Å². The fourth-order valence-corrected chi connectivity index (χ4v) is 1.76. The van der Waals surface area contributed by atoms with Crippen molar-refractivity contribution in [3.05, 3.63) is 48.3 Å². The number of carbonyl (C=O) groups is 1. The number of nitrogens with one attached hydrogen (secondary N) is 1. The monoisotopic (exact) mass is 277 g/mol. The van der Waals surface area contributed by atoms with Crippen LogP contribution in [-0.4, -0.2) is 21.6 Å². The maximum absolute atomic E-state index is 11.7. The summed E-state index contributed by atoms with van der Waals surface area (Å²) in [5.41, 5.74) is 1.86. The Labute approximate surface area is 117 Å². The summed E-state index contributed by atoms with van der Waals surface area (Å²) < 4.78 is 1.79. The number of benzene rings is 1. The van der Waals surface area contributed by atoms with E-state index in [0.717, 1.165) is 5.56 Å². The largest absolute Gasteiger partial charge is 0.323 e. The van der Waals surface area contributed by atoms with Crippen molar-refractivity contribution in [1.82, 2.24) is 9.78 Å². The van der Waals surface area contributed by atoms with E-state index in [1.807, 2.05) is 36.5 Å². The first-order valence-corrected chi connectivity index (χ1v) is 6.65. The van der Waals surface area contributed by atoms with Gasteiger partial charge in [-0.3, -0.25) is 9.48 Å². The molecule has 1 atom stereocenters. The minimum absolute atomic E-state index is 0.0886. The van der Waals surface area contributed by atoms with Crippen LogP contribution in [-0.2, 0) is 11.3 Å². The Hall–Kier alpha value is -1.81. The van der Waals surface area contributed by atoms with E-state index in [1.165, 1.54) is 0 Å². The van der Waals surface area contributed by atoms with Gasteiger partial charge in [0.15, 0.2) is 0 Å². The van der Waals surface area contributed by atoms with Gasteiger partial charge in [0.05, 0.1) is 18.4 Å². The average Bonchev–Trinajstić information content (AvgIpc) is 2.86. The first-order valence-electron chi connectivity index (χ1n) is 6.12. The predicted octanol–water partition coefficient (Wildman–Crippen LogP) is 2.74. The van der Waals surface area contributed by atoms with Gasteiger partial charge in [-0.2, -0.15) is 5.10 Å². The second kappa shape index (κ2) is 6.38. The lowest BCUT2D eigenvalue weighted by Crippen LogP contribution is -2.21. The summed E-state index contributed by atoms with van der Waals surface area (Å²) in [6.45, 7) is 2.47. The normalized spacial score (nSPS) is 12.1. The molecule has 100 valence electrons. The number of aromatic nitrogens is 2. The third-order valence-electron chi connectivity index (χ3n) is 2.77. The zero-order chi connectivity index (χ0) is 13.7. The van der Waals surface area contributed by atoms with Gasteiger partial charge < -0.3 is 5.32 Å². The molecule has 1 amide bonds. The van der Waals surface area contributed by atoms with E-state index in [2.05, 4.69) is 10.4 Å². The highest BCUT2D eigenvalue weighted by atomic mass is 35.5. The number of alkyl halides is 1. The Balaban J connectivity index is 1.98. The Morgan fingerprint density at radius 3 is 2.84 bits per heavy atom. The molecule has 1 unspecified atom stereocenters. The molecule has 0 saturated carbocycles. The van der Waals surface area contributed by atoms with E-state index in [9.17, 15) is 4.79 Å². The first kappa shape index (κ1) is 13.6. The number of amides is 1. The Morgan fingerprint density at radius 2 is 2.16 bits per heavy atom. The van der Waals surface area contributed by atoms with Gasteiger partial charge in [0.25, 0.3) is 0 Å². The molecular formula is C14H16ClN3O. The van der Waals surface area contributed by atoms with Gasteiger partial charge in [-0.25, -0.2) is 0 Å². The summed E-state index contributed by atoms with van der Waals surface area (Å²) in [5.74, 6) is 0.0117. The number of carbonyl (C=O) groups excluding carboxylic acids is 1. The molecule has 0 bridgehead atoms. The molecule has 0 saturated heterocycles. The molecule has 0 fully saturated rings. The van der Waals surface area contributed by atoms with Crippen LogP contribution in [0.4, 0.5) is 5.69 Å². The summed E-state index contributed by atoms with van der Waals surface area (Å²) in [7, 11) is 0. The molecule has 2 aromatic rings. The number of halogens is 1.